The van der Waals surface area contributed by atoms with Crippen molar-refractivity contribution in [2.24, 2.45) is 0 Å². The van der Waals surface area contributed by atoms with E-state index in [9.17, 15) is 14.7 Å². The third kappa shape index (κ3) is 3.94. The van der Waals surface area contributed by atoms with Crippen molar-refractivity contribution in [1.82, 2.24) is 0 Å². The number of fused-ring (bicyclic) bond motifs is 1. The van der Waals surface area contributed by atoms with Gasteiger partial charge in [-0.1, -0.05) is 42.5 Å². The van der Waals surface area contributed by atoms with Crippen LogP contribution in [0.25, 0.3) is 10.1 Å². The summed E-state index contributed by atoms with van der Waals surface area (Å²) in [5.41, 5.74) is 0.912. The van der Waals surface area contributed by atoms with Crippen LogP contribution in [0.1, 0.15) is 40.9 Å². The molecule has 2 aromatic carbocycles. The molecule has 1 aromatic heterocycles. The Morgan fingerprint density at radius 3 is 2.42 bits per heavy atom. The van der Waals surface area contributed by atoms with Crippen LogP contribution in [0.4, 0.5) is 0 Å². The van der Waals surface area contributed by atoms with Gasteiger partial charge in [0.25, 0.3) is 0 Å². The lowest BCUT2D eigenvalue weighted by molar-refractivity contribution is -0.143. The van der Waals surface area contributed by atoms with Gasteiger partial charge in [0.2, 0.25) is 0 Å². The molecule has 1 unspecified atom stereocenters. The summed E-state index contributed by atoms with van der Waals surface area (Å²) in [4.78, 5) is 25.2. The predicted octanol–water partition coefficient (Wildman–Crippen LogP) is 4.92. The van der Waals surface area contributed by atoms with E-state index in [4.69, 9.17) is 4.74 Å². The van der Waals surface area contributed by atoms with Gasteiger partial charge in [-0.2, -0.15) is 0 Å². The maximum Gasteiger partial charge on any atom is 0.306 e. The number of aromatic hydroxyl groups is 1. The minimum Gasteiger partial charge on any atom is -0.506 e. The van der Waals surface area contributed by atoms with Crippen molar-refractivity contribution >= 4 is 33.2 Å². The van der Waals surface area contributed by atoms with Crippen LogP contribution in [-0.4, -0.2) is 23.5 Å². The van der Waals surface area contributed by atoms with Gasteiger partial charge in [0, 0.05) is 22.4 Å². The Morgan fingerprint density at radius 1 is 1.04 bits per heavy atom. The molecule has 0 fully saturated rings. The summed E-state index contributed by atoms with van der Waals surface area (Å²) in [7, 11) is 0. The minimum absolute atomic E-state index is 0.0264. The number of ether oxygens (including phenoxy) is 1. The molecule has 26 heavy (non-hydrogen) atoms. The van der Waals surface area contributed by atoms with Crippen LogP contribution in [0.5, 0.6) is 5.75 Å². The number of hydrogen-bond acceptors (Lipinski definition) is 5. The monoisotopic (exact) mass is 368 g/mol. The molecule has 1 N–H and O–H groups in total. The largest absolute Gasteiger partial charge is 0.506 e. The molecular weight excluding hydrogens is 348 g/mol. The van der Waals surface area contributed by atoms with Gasteiger partial charge in [0.05, 0.1) is 13.0 Å². The lowest BCUT2D eigenvalue weighted by Gasteiger charge is -2.15. The average Bonchev–Trinajstić information content (AvgIpc) is 2.99. The summed E-state index contributed by atoms with van der Waals surface area (Å²) in [6.45, 7) is 2.07. The molecule has 1 heterocycles. The van der Waals surface area contributed by atoms with Crippen molar-refractivity contribution in [1.29, 1.82) is 0 Å². The van der Waals surface area contributed by atoms with E-state index in [2.05, 4.69) is 0 Å². The van der Waals surface area contributed by atoms with Crippen LogP contribution in [-0.2, 0) is 9.53 Å². The van der Waals surface area contributed by atoms with Crippen LogP contribution >= 0.6 is 11.3 Å². The summed E-state index contributed by atoms with van der Waals surface area (Å²) in [5, 5.41) is 11.1. The molecule has 0 aliphatic heterocycles. The molecule has 3 rings (SSSR count). The Balaban J connectivity index is 1.86. The number of Topliss-reactive ketones (excluding diaryl/α,β-unsaturated/α-hetero) is 1. The first-order valence-electron chi connectivity index (χ1n) is 8.54. The quantitative estimate of drug-likeness (QED) is 0.475. The van der Waals surface area contributed by atoms with Crippen molar-refractivity contribution in [3.05, 3.63) is 65.0 Å². The van der Waals surface area contributed by atoms with Crippen LogP contribution < -0.4 is 0 Å². The molecule has 0 aliphatic rings. The van der Waals surface area contributed by atoms with Gasteiger partial charge >= 0.3 is 5.97 Å². The molecule has 0 radical (unpaired) electrons. The first kappa shape index (κ1) is 18.1. The maximum atomic E-state index is 12.9. The number of benzene rings is 2. The molecule has 4 nitrogen and oxygen atoms in total. The molecule has 0 spiro atoms. The fourth-order valence-electron chi connectivity index (χ4n) is 2.99. The highest BCUT2D eigenvalue weighted by Crippen LogP contribution is 2.38. The van der Waals surface area contributed by atoms with Crippen LogP contribution in [0.2, 0.25) is 0 Å². The molecule has 0 saturated heterocycles. The third-order valence-electron chi connectivity index (χ3n) is 4.24. The van der Waals surface area contributed by atoms with Gasteiger partial charge in [0.1, 0.15) is 10.6 Å². The standard InChI is InChI=1S/C21H20O4S/c1-2-25-19(23)13-15(14-8-4-3-5-9-14)12-17(22)21-20(24)16-10-6-7-11-18(16)26-21/h3-11,15,24H,2,12-13H2,1H3. The number of rotatable bonds is 7. The number of esters is 1. The van der Waals surface area contributed by atoms with E-state index in [0.29, 0.717) is 16.9 Å². The Hall–Kier alpha value is -2.66. The highest BCUT2D eigenvalue weighted by Gasteiger charge is 2.24. The summed E-state index contributed by atoms with van der Waals surface area (Å²) in [5.74, 6) is -0.748. The Labute approximate surface area is 156 Å². The molecule has 0 bridgehead atoms. The summed E-state index contributed by atoms with van der Waals surface area (Å²) in [6.07, 6.45) is 0.276. The second kappa shape index (κ2) is 8.15. The summed E-state index contributed by atoms with van der Waals surface area (Å²) < 4.78 is 5.93. The molecule has 1 atom stereocenters. The number of hydrogen-bond donors (Lipinski definition) is 1. The third-order valence-corrected chi connectivity index (χ3v) is 5.44. The van der Waals surface area contributed by atoms with E-state index in [0.717, 1.165) is 10.3 Å². The fraction of sp³-hybridized carbons (Fsp3) is 0.238. The zero-order chi connectivity index (χ0) is 18.5. The molecule has 5 heteroatoms. The zero-order valence-corrected chi connectivity index (χ0v) is 15.3. The van der Waals surface area contributed by atoms with Crippen LogP contribution in [0, 0.1) is 0 Å². The maximum absolute atomic E-state index is 12.9. The van der Waals surface area contributed by atoms with Crippen LogP contribution in [0.15, 0.2) is 54.6 Å². The predicted molar refractivity (Wildman–Crippen MR) is 103 cm³/mol. The highest BCUT2D eigenvalue weighted by molar-refractivity contribution is 7.21. The first-order chi connectivity index (χ1) is 12.6. The summed E-state index contributed by atoms with van der Waals surface area (Å²) in [6, 6.07) is 16.9. The van der Waals surface area contributed by atoms with E-state index < -0.39 is 0 Å². The molecule has 0 amide bonds. The van der Waals surface area contributed by atoms with Gasteiger partial charge in [-0.25, -0.2) is 0 Å². The summed E-state index contributed by atoms with van der Waals surface area (Å²) >= 11 is 1.28. The van der Waals surface area contributed by atoms with Crippen molar-refractivity contribution in [2.75, 3.05) is 6.61 Å². The Kier molecular flexibility index (Phi) is 5.68. The number of thiophene rings is 1. The molecule has 3 aromatic rings. The van der Waals surface area contributed by atoms with E-state index in [1.165, 1.54) is 11.3 Å². The van der Waals surface area contributed by atoms with Crippen molar-refractivity contribution in [2.45, 2.75) is 25.7 Å². The fourth-order valence-corrected chi connectivity index (χ4v) is 4.04. The highest BCUT2D eigenvalue weighted by atomic mass is 32.1. The number of carbonyl (C=O) groups is 2. The smallest absolute Gasteiger partial charge is 0.306 e. The van der Waals surface area contributed by atoms with Gasteiger partial charge < -0.3 is 9.84 Å². The van der Waals surface area contributed by atoms with E-state index >= 15 is 0 Å². The van der Waals surface area contributed by atoms with E-state index in [1.807, 2.05) is 48.5 Å². The van der Waals surface area contributed by atoms with Gasteiger partial charge in [-0.3, -0.25) is 9.59 Å². The Bertz CT molecular complexity index is 914. The van der Waals surface area contributed by atoms with Gasteiger partial charge in [0.15, 0.2) is 5.78 Å². The van der Waals surface area contributed by atoms with Crippen LogP contribution in [0.3, 0.4) is 0 Å². The van der Waals surface area contributed by atoms with Gasteiger partial charge in [-0.15, -0.1) is 11.3 Å². The SMILES string of the molecule is CCOC(=O)CC(CC(=O)c1sc2ccccc2c1O)c1ccccc1. The number of carbonyl (C=O) groups excluding carboxylic acids is 2. The van der Waals surface area contributed by atoms with E-state index in [1.54, 1.807) is 13.0 Å². The molecule has 0 saturated carbocycles. The first-order valence-corrected chi connectivity index (χ1v) is 9.36. The zero-order valence-electron chi connectivity index (χ0n) is 14.5. The van der Waals surface area contributed by atoms with Crippen molar-refractivity contribution < 1.29 is 19.4 Å². The van der Waals surface area contributed by atoms with Crippen molar-refractivity contribution in [3.63, 3.8) is 0 Å². The number of ketones is 1. The molecular formula is C21H20O4S. The lowest BCUT2D eigenvalue weighted by Crippen LogP contribution is -2.14. The molecule has 134 valence electrons. The second-order valence-corrected chi connectivity index (χ2v) is 7.07. The van der Waals surface area contributed by atoms with E-state index in [-0.39, 0.29) is 36.3 Å². The minimum atomic E-state index is -0.324. The second-order valence-electron chi connectivity index (χ2n) is 6.02. The average molecular weight is 368 g/mol. The lowest BCUT2D eigenvalue weighted by atomic mass is 9.90. The molecule has 0 aliphatic carbocycles. The topological polar surface area (TPSA) is 63.6 Å². The van der Waals surface area contributed by atoms with Crippen molar-refractivity contribution in [3.8, 4) is 5.75 Å². The van der Waals surface area contributed by atoms with Gasteiger partial charge in [-0.05, 0) is 24.6 Å². The normalized spacial score (nSPS) is 12.0. The Morgan fingerprint density at radius 2 is 1.73 bits per heavy atom.